The van der Waals surface area contributed by atoms with Crippen molar-refractivity contribution in [3.63, 3.8) is 0 Å². The lowest BCUT2D eigenvalue weighted by molar-refractivity contribution is 0.0634. The normalized spacial score (nSPS) is 35.5. The van der Waals surface area contributed by atoms with Crippen LogP contribution in [0.15, 0.2) is 0 Å². The molecule has 0 aromatic heterocycles. The van der Waals surface area contributed by atoms with Crippen molar-refractivity contribution >= 4 is 0 Å². The van der Waals surface area contributed by atoms with Crippen molar-refractivity contribution in [1.29, 1.82) is 0 Å². The first-order valence-corrected chi connectivity index (χ1v) is 8.14. The molecule has 0 aromatic rings. The van der Waals surface area contributed by atoms with Crippen LogP contribution >= 0.6 is 0 Å². The smallest absolute Gasteiger partial charge is 0.0158 e. The number of piperidine rings is 1. The molecular weight excluding hydrogens is 234 g/mol. The van der Waals surface area contributed by atoms with Gasteiger partial charge in [0.1, 0.15) is 0 Å². The molecule has 2 rings (SSSR count). The van der Waals surface area contributed by atoms with Gasteiger partial charge in [0.25, 0.3) is 0 Å². The maximum atomic E-state index is 3.46. The molecule has 19 heavy (non-hydrogen) atoms. The SMILES string of the molecule is CNC1CCC(C(C2CCCN(C)C2)N(C)C)CC1. The zero-order valence-electron chi connectivity index (χ0n) is 13.4. The Balaban J connectivity index is 1.96. The summed E-state index contributed by atoms with van der Waals surface area (Å²) in [6.07, 6.45) is 8.38. The molecule has 2 unspecified atom stereocenters. The minimum absolute atomic E-state index is 0.771. The van der Waals surface area contributed by atoms with Gasteiger partial charge in [-0.2, -0.15) is 0 Å². The summed E-state index contributed by atoms with van der Waals surface area (Å²) in [6, 6.07) is 1.56. The van der Waals surface area contributed by atoms with E-state index in [2.05, 4.69) is 43.3 Å². The molecule has 1 aliphatic heterocycles. The number of nitrogens with one attached hydrogen (secondary N) is 1. The molecule has 0 spiro atoms. The maximum absolute atomic E-state index is 3.46. The summed E-state index contributed by atoms with van der Waals surface area (Å²) in [7, 11) is 8.99. The lowest BCUT2D eigenvalue weighted by Crippen LogP contribution is -2.49. The monoisotopic (exact) mass is 267 g/mol. The zero-order valence-corrected chi connectivity index (χ0v) is 13.4. The highest BCUT2D eigenvalue weighted by Crippen LogP contribution is 2.34. The molecule has 1 saturated carbocycles. The average Bonchev–Trinajstić information content (AvgIpc) is 2.39. The second-order valence-electron chi connectivity index (χ2n) is 7.02. The Morgan fingerprint density at radius 1 is 1.05 bits per heavy atom. The van der Waals surface area contributed by atoms with Crippen molar-refractivity contribution in [3.05, 3.63) is 0 Å². The third-order valence-electron chi connectivity index (χ3n) is 5.40. The summed E-state index contributed by atoms with van der Waals surface area (Å²) >= 11 is 0. The van der Waals surface area contributed by atoms with Crippen molar-refractivity contribution in [2.75, 3.05) is 41.3 Å². The van der Waals surface area contributed by atoms with E-state index in [1.807, 2.05) is 0 Å². The van der Waals surface area contributed by atoms with E-state index in [4.69, 9.17) is 0 Å². The summed E-state index contributed by atoms with van der Waals surface area (Å²) in [5, 5.41) is 3.46. The molecule has 1 saturated heterocycles. The molecule has 2 atom stereocenters. The number of hydrogen-bond acceptors (Lipinski definition) is 3. The molecule has 1 N–H and O–H groups in total. The fourth-order valence-electron chi connectivity index (χ4n) is 4.46. The second-order valence-corrected chi connectivity index (χ2v) is 7.02. The van der Waals surface area contributed by atoms with Crippen molar-refractivity contribution in [2.24, 2.45) is 11.8 Å². The number of likely N-dealkylation sites (tertiary alicyclic amines) is 1. The van der Waals surface area contributed by atoms with Gasteiger partial charge in [-0.05, 0) is 85.1 Å². The first-order chi connectivity index (χ1) is 9.11. The largest absolute Gasteiger partial charge is 0.317 e. The molecule has 2 aliphatic rings. The molecule has 0 radical (unpaired) electrons. The second kappa shape index (κ2) is 7.05. The lowest BCUT2D eigenvalue weighted by atomic mass is 9.74. The average molecular weight is 267 g/mol. The molecule has 3 heteroatoms. The van der Waals surface area contributed by atoms with Gasteiger partial charge in [-0.1, -0.05) is 0 Å². The van der Waals surface area contributed by atoms with E-state index in [1.54, 1.807) is 0 Å². The van der Waals surface area contributed by atoms with Gasteiger partial charge in [-0.15, -0.1) is 0 Å². The lowest BCUT2D eigenvalue weighted by Gasteiger charge is -2.44. The van der Waals surface area contributed by atoms with Crippen LogP contribution in [0, 0.1) is 11.8 Å². The van der Waals surface area contributed by atoms with E-state index in [-0.39, 0.29) is 0 Å². The Kier molecular flexibility index (Phi) is 5.67. The summed E-state index contributed by atoms with van der Waals surface area (Å²) in [6.45, 7) is 2.60. The fraction of sp³-hybridized carbons (Fsp3) is 1.00. The van der Waals surface area contributed by atoms with Crippen LogP contribution in [-0.4, -0.2) is 63.2 Å². The van der Waals surface area contributed by atoms with Gasteiger partial charge in [0.2, 0.25) is 0 Å². The highest BCUT2D eigenvalue weighted by atomic mass is 15.1. The van der Waals surface area contributed by atoms with Gasteiger partial charge in [0.15, 0.2) is 0 Å². The van der Waals surface area contributed by atoms with Crippen LogP contribution < -0.4 is 5.32 Å². The van der Waals surface area contributed by atoms with E-state index in [0.717, 1.165) is 23.9 Å². The Bertz CT molecular complexity index is 259. The quantitative estimate of drug-likeness (QED) is 0.841. The topological polar surface area (TPSA) is 18.5 Å². The van der Waals surface area contributed by atoms with E-state index in [0.29, 0.717) is 0 Å². The molecule has 3 nitrogen and oxygen atoms in total. The van der Waals surface area contributed by atoms with Crippen LogP contribution in [0.5, 0.6) is 0 Å². The Labute approximate surface area is 119 Å². The summed E-state index contributed by atoms with van der Waals surface area (Å²) in [5.41, 5.74) is 0. The number of hydrogen-bond donors (Lipinski definition) is 1. The Hall–Kier alpha value is -0.120. The standard InChI is InChI=1S/C16H33N3/c1-17-15-9-7-13(8-10-15)16(18(2)3)14-6-5-11-19(4)12-14/h13-17H,5-12H2,1-4H3. The van der Waals surface area contributed by atoms with Crippen molar-refractivity contribution < 1.29 is 0 Å². The van der Waals surface area contributed by atoms with Crippen LogP contribution in [0.25, 0.3) is 0 Å². The molecular formula is C16H33N3. The van der Waals surface area contributed by atoms with E-state index in [9.17, 15) is 0 Å². The van der Waals surface area contributed by atoms with Crippen LogP contribution in [0.4, 0.5) is 0 Å². The number of rotatable bonds is 4. The molecule has 2 fully saturated rings. The zero-order chi connectivity index (χ0) is 13.8. The first kappa shape index (κ1) is 15.3. The molecule has 1 aliphatic carbocycles. The summed E-state index contributed by atoms with van der Waals surface area (Å²) < 4.78 is 0. The minimum Gasteiger partial charge on any atom is -0.317 e. The van der Waals surface area contributed by atoms with Crippen LogP contribution in [-0.2, 0) is 0 Å². The highest BCUT2D eigenvalue weighted by Gasteiger charge is 2.35. The minimum atomic E-state index is 0.771. The van der Waals surface area contributed by atoms with Crippen molar-refractivity contribution in [1.82, 2.24) is 15.1 Å². The Morgan fingerprint density at radius 2 is 1.74 bits per heavy atom. The third-order valence-corrected chi connectivity index (χ3v) is 5.40. The summed E-state index contributed by atoms with van der Waals surface area (Å²) in [5.74, 6) is 1.79. The van der Waals surface area contributed by atoms with E-state index < -0.39 is 0 Å². The van der Waals surface area contributed by atoms with Crippen LogP contribution in [0.2, 0.25) is 0 Å². The van der Waals surface area contributed by atoms with Gasteiger partial charge < -0.3 is 15.1 Å². The third kappa shape index (κ3) is 3.93. The predicted molar refractivity (Wildman–Crippen MR) is 82.5 cm³/mol. The van der Waals surface area contributed by atoms with Gasteiger partial charge in [0, 0.05) is 18.6 Å². The molecule has 0 bridgehead atoms. The van der Waals surface area contributed by atoms with Gasteiger partial charge >= 0.3 is 0 Å². The van der Waals surface area contributed by atoms with Gasteiger partial charge in [-0.25, -0.2) is 0 Å². The first-order valence-electron chi connectivity index (χ1n) is 8.14. The van der Waals surface area contributed by atoms with E-state index in [1.165, 1.54) is 51.6 Å². The molecule has 1 heterocycles. The Morgan fingerprint density at radius 3 is 2.26 bits per heavy atom. The number of nitrogens with zero attached hydrogens (tertiary/aromatic N) is 2. The van der Waals surface area contributed by atoms with Crippen molar-refractivity contribution in [3.8, 4) is 0 Å². The van der Waals surface area contributed by atoms with Gasteiger partial charge in [-0.3, -0.25) is 0 Å². The molecule has 0 aromatic carbocycles. The molecule has 112 valence electrons. The predicted octanol–water partition coefficient (Wildman–Crippen LogP) is 2.04. The highest BCUT2D eigenvalue weighted by molar-refractivity contribution is 4.90. The molecule has 0 amide bonds. The van der Waals surface area contributed by atoms with Crippen LogP contribution in [0.3, 0.4) is 0 Å². The fourth-order valence-corrected chi connectivity index (χ4v) is 4.46. The van der Waals surface area contributed by atoms with E-state index >= 15 is 0 Å². The van der Waals surface area contributed by atoms with Crippen molar-refractivity contribution in [2.45, 2.75) is 50.6 Å². The van der Waals surface area contributed by atoms with Gasteiger partial charge in [0.05, 0.1) is 0 Å². The van der Waals surface area contributed by atoms with Crippen LogP contribution in [0.1, 0.15) is 38.5 Å². The maximum Gasteiger partial charge on any atom is 0.0158 e. The summed E-state index contributed by atoms with van der Waals surface area (Å²) in [4.78, 5) is 5.05.